The van der Waals surface area contributed by atoms with Crippen LogP contribution in [0.4, 0.5) is 0 Å². The Labute approximate surface area is 170 Å². The van der Waals surface area contributed by atoms with Crippen LogP contribution in [0, 0.1) is 28.6 Å². The Morgan fingerprint density at radius 1 is 1.28 bits per heavy atom. The molecule has 7 nitrogen and oxygen atoms in total. The van der Waals surface area contributed by atoms with E-state index in [4.69, 9.17) is 9.47 Å². The molecule has 1 saturated heterocycles. The van der Waals surface area contributed by atoms with E-state index in [0.29, 0.717) is 24.8 Å². The first-order chi connectivity index (χ1) is 13.6. The second kappa shape index (κ2) is 7.59. The molecule has 0 spiro atoms. The topological polar surface area (TPSA) is 110 Å². The van der Waals surface area contributed by atoms with Gasteiger partial charge in [-0.25, -0.2) is 0 Å². The highest BCUT2D eigenvalue weighted by atomic mass is 16.5. The fourth-order valence-corrected chi connectivity index (χ4v) is 6.19. The maximum absolute atomic E-state index is 13.2. The lowest BCUT2D eigenvalue weighted by molar-refractivity contribution is -0.204. The quantitative estimate of drug-likeness (QED) is 0.421. The molecule has 2 aliphatic carbocycles. The number of allylic oxidation sites excluding steroid dienone is 1. The number of methoxy groups -OCH3 is 1. The third-order valence-electron chi connectivity index (χ3n) is 7.58. The molecule has 2 N–H and O–H groups in total. The van der Waals surface area contributed by atoms with Gasteiger partial charge in [-0.15, -0.1) is 0 Å². The molecule has 7 atom stereocenters. The standard InChI is InChI=1S/C22H30O7/c1-5-12(7-9-23)16-11-22(3)13(20(27)29-16)6-8-21(2)14(19(26)28-4)10-15(24)17(25)18(21)22/h5,7,9,13-16,18,23-24H,6,8,10-11H2,1-4H3/b9-7-,12-5+/t13?,14-,15?,16+,18-,21-,22-/m0/s1. The summed E-state index contributed by atoms with van der Waals surface area (Å²) in [5.74, 6) is -2.89. The summed E-state index contributed by atoms with van der Waals surface area (Å²) in [6.07, 6.45) is 3.68. The lowest BCUT2D eigenvalue weighted by Crippen LogP contribution is -2.65. The van der Waals surface area contributed by atoms with Crippen LogP contribution in [0.5, 0.6) is 0 Å². The van der Waals surface area contributed by atoms with E-state index >= 15 is 0 Å². The van der Waals surface area contributed by atoms with Crippen LogP contribution in [0.25, 0.3) is 0 Å². The Hall–Kier alpha value is -2.15. The van der Waals surface area contributed by atoms with Crippen LogP contribution in [0.1, 0.15) is 46.5 Å². The van der Waals surface area contributed by atoms with E-state index in [1.54, 1.807) is 13.0 Å². The fourth-order valence-electron chi connectivity index (χ4n) is 6.19. The normalized spacial score (nSPS) is 42.8. The Morgan fingerprint density at radius 2 is 1.97 bits per heavy atom. The van der Waals surface area contributed by atoms with E-state index in [1.807, 2.05) is 13.8 Å². The maximum atomic E-state index is 13.2. The van der Waals surface area contributed by atoms with E-state index in [2.05, 4.69) is 0 Å². The van der Waals surface area contributed by atoms with Gasteiger partial charge in [0.2, 0.25) is 0 Å². The fraction of sp³-hybridized carbons (Fsp3) is 0.682. The average Bonchev–Trinajstić information content (AvgIpc) is 2.67. The predicted molar refractivity (Wildman–Crippen MR) is 104 cm³/mol. The summed E-state index contributed by atoms with van der Waals surface area (Å²) in [5, 5.41) is 19.7. The zero-order valence-electron chi connectivity index (χ0n) is 17.4. The van der Waals surface area contributed by atoms with Crippen LogP contribution in [0.3, 0.4) is 0 Å². The Morgan fingerprint density at radius 3 is 2.55 bits per heavy atom. The molecule has 160 valence electrons. The number of hydrogen-bond acceptors (Lipinski definition) is 7. The average molecular weight is 406 g/mol. The molecule has 29 heavy (non-hydrogen) atoms. The van der Waals surface area contributed by atoms with Gasteiger partial charge in [-0.2, -0.15) is 0 Å². The van der Waals surface area contributed by atoms with Gasteiger partial charge in [0.25, 0.3) is 0 Å². The van der Waals surface area contributed by atoms with Crippen LogP contribution >= 0.6 is 0 Å². The third kappa shape index (κ3) is 3.19. The number of fused-ring (bicyclic) bond motifs is 3. The first kappa shape index (κ1) is 21.6. The van der Waals surface area contributed by atoms with Crippen molar-refractivity contribution in [3.63, 3.8) is 0 Å². The van der Waals surface area contributed by atoms with Gasteiger partial charge in [0.15, 0.2) is 5.78 Å². The third-order valence-corrected chi connectivity index (χ3v) is 7.58. The molecule has 1 heterocycles. The van der Waals surface area contributed by atoms with Crippen molar-refractivity contribution in [3.8, 4) is 0 Å². The van der Waals surface area contributed by atoms with E-state index in [9.17, 15) is 24.6 Å². The van der Waals surface area contributed by atoms with Gasteiger partial charge in [-0.1, -0.05) is 19.9 Å². The number of aliphatic hydroxyl groups is 2. The number of carbonyl (C=O) groups excluding carboxylic acids is 3. The van der Waals surface area contributed by atoms with Gasteiger partial charge in [0, 0.05) is 5.92 Å². The number of hydrogen-bond donors (Lipinski definition) is 2. The van der Waals surface area contributed by atoms with Crippen molar-refractivity contribution in [2.24, 2.45) is 28.6 Å². The summed E-state index contributed by atoms with van der Waals surface area (Å²) in [4.78, 5) is 38.7. The van der Waals surface area contributed by atoms with Gasteiger partial charge < -0.3 is 19.7 Å². The molecule has 3 rings (SSSR count). The number of aliphatic hydroxyl groups excluding tert-OH is 2. The van der Waals surface area contributed by atoms with Gasteiger partial charge in [-0.3, -0.25) is 14.4 Å². The first-order valence-corrected chi connectivity index (χ1v) is 10.1. The number of cyclic esters (lactones) is 1. The SMILES string of the molecule is C/C=C(\C=C/O)[C@H]1C[C@@]2(C)C(CC[C@@]3(C)[C@H](C(=O)OC)CC(O)C(=O)[C@@H]32)C(=O)O1. The van der Waals surface area contributed by atoms with E-state index in [1.165, 1.54) is 13.2 Å². The minimum atomic E-state index is -1.26. The molecule has 2 saturated carbocycles. The molecule has 0 bridgehead atoms. The van der Waals surface area contributed by atoms with E-state index in [-0.39, 0.29) is 18.2 Å². The largest absolute Gasteiger partial charge is 0.516 e. The molecule has 0 amide bonds. The summed E-state index contributed by atoms with van der Waals surface area (Å²) in [7, 11) is 1.31. The number of Topliss-reactive ketones (excluding diaryl/α,β-unsaturated/α-hetero) is 1. The molecule has 0 aromatic heterocycles. The van der Waals surface area contributed by atoms with Gasteiger partial charge in [0.05, 0.1) is 25.2 Å². The number of rotatable bonds is 3. The lowest BCUT2D eigenvalue weighted by Gasteiger charge is -2.60. The predicted octanol–water partition coefficient (Wildman–Crippen LogP) is 2.48. The molecule has 1 aliphatic heterocycles. The summed E-state index contributed by atoms with van der Waals surface area (Å²) in [6.45, 7) is 5.59. The zero-order chi connectivity index (χ0) is 21.6. The summed E-state index contributed by atoms with van der Waals surface area (Å²) in [5.41, 5.74) is -0.851. The van der Waals surface area contributed by atoms with Crippen molar-refractivity contribution < 1.29 is 34.1 Å². The maximum Gasteiger partial charge on any atom is 0.310 e. The number of esters is 2. The van der Waals surface area contributed by atoms with Crippen molar-refractivity contribution >= 4 is 17.7 Å². The van der Waals surface area contributed by atoms with Crippen LogP contribution in [-0.4, -0.2) is 47.3 Å². The van der Waals surface area contributed by atoms with Crippen molar-refractivity contribution in [2.75, 3.05) is 7.11 Å². The van der Waals surface area contributed by atoms with Crippen molar-refractivity contribution in [1.29, 1.82) is 0 Å². The van der Waals surface area contributed by atoms with Crippen LogP contribution in [0.15, 0.2) is 24.0 Å². The van der Waals surface area contributed by atoms with Gasteiger partial charge in [0.1, 0.15) is 12.2 Å². The van der Waals surface area contributed by atoms with Crippen molar-refractivity contribution in [2.45, 2.75) is 58.7 Å². The number of ether oxygens (including phenoxy) is 2. The minimum Gasteiger partial charge on any atom is -0.516 e. The smallest absolute Gasteiger partial charge is 0.310 e. The Kier molecular flexibility index (Phi) is 5.64. The first-order valence-electron chi connectivity index (χ1n) is 10.1. The monoisotopic (exact) mass is 406 g/mol. The molecule has 3 aliphatic rings. The number of ketones is 1. The highest BCUT2D eigenvalue weighted by molar-refractivity contribution is 5.91. The van der Waals surface area contributed by atoms with Crippen LogP contribution < -0.4 is 0 Å². The molecule has 0 aromatic carbocycles. The molecule has 3 fully saturated rings. The zero-order valence-corrected chi connectivity index (χ0v) is 17.4. The van der Waals surface area contributed by atoms with Crippen LogP contribution in [-0.2, 0) is 23.9 Å². The second-order valence-electron chi connectivity index (χ2n) is 9.00. The highest BCUT2D eigenvalue weighted by Crippen LogP contribution is 2.64. The van der Waals surface area contributed by atoms with Gasteiger partial charge in [-0.05, 0) is 55.1 Å². The molecular weight excluding hydrogens is 376 g/mol. The van der Waals surface area contributed by atoms with Crippen molar-refractivity contribution in [3.05, 3.63) is 24.0 Å². The summed E-state index contributed by atoms with van der Waals surface area (Å²) < 4.78 is 10.6. The van der Waals surface area contributed by atoms with Crippen LogP contribution in [0.2, 0.25) is 0 Å². The minimum absolute atomic E-state index is 0.0422. The second-order valence-corrected chi connectivity index (χ2v) is 9.00. The molecule has 0 aromatic rings. The van der Waals surface area contributed by atoms with E-state index < -0.39 is 46.8 Å². The lowest BCUT2D eigenvalue weighted by atomic mass is 9.43. The highest BCUT2D eigenvalue weighted by Gasteiger charge is 2.67. The molecule has 2 unspecified atom stereocenters. The van der Waals surface area contributed by atoms with E-state index in [0.717, 1.165) is 6.26 Å². The Bertz CT molecular complexity index is 769. The number of carbonyl (C=O) groups is 3. The molecular formula is C22H30O7. The summed E-state index contributed by atoms with van der Waals surface area (Å²) >= 11 is 0. The molecule has 0 radical (unpaired) electrons. The van der Waals surface area contributed by atoms with Gasteiger partial charge >= 0.3 is 11.9 Å². The summed E-state index contributed by atoms with van der Waals surface area (Å²) in [6, 6.07) is 0. The Balaban J connectivity index is 2.08. The van der Waals surface area contributed by atoms with Crippen molar-refractivity contribution in [1.82, 2.24) is 0 Å². The molecule has 7 heteroatoms.